The monoisotopic (exact) mass is 263 g/mol. The van der Waals surface area contributed by atoms with E-state index in [1.165, 1.54) is 0 Å². The summed E-state index contributed by atoms with van der Waals surface area (Å²) >= 11 is 0. The molecule has 1 rings (SSSR count). The van der Waals surface area contributed by atoms with Crippen LogP contribution in [0.1, 0.15) is 32.0 Å². The molecule has 0 fully saturated rings. The van der Waals surface area contributed by atoms with Crippen molar-refractivity contribution >= 4 is 5.69 Å². The van der Waals surface area contributed by atoms with Gasteiger partial charge in [-0.15, -0.1) is 6.58 Å². The summed E-state index contributed by atoms with van der Waals surface area (Å²) in [6.45, 7) is 10.4. The lowest BCUT2D eigenvalue weighted by Crippen LogP contribution is -2.27. The highest BCUT2D eigenvalue weighted by atomic mass is 16.3. The average molecular weight is 263 g/mol. The van der Waals surface area contributed by atoms with Gasteiger partial charge in [-0.25, -0.2) is 0 Å². The number of aromatic nitrogens is 1. The Hall–Kier alpha value is -1.39. The second-order valence-electron chi connectivity index (χ2n) is 4.58. The van der Waals surface area contributed by atoms with Gasteiger partial charge in [-0.05, 0) is 32.0 Å². The Morgan fingerprint density at radius 3 is 2.84 bits per heavy atom. The summed E-state index contributed by atoms with van der Waals surface area (Å²) in [6, 6.07) is 4.35. The maximum Gasteiger partial charge on any atom is 0.0606 e. The molecule has 0 aliphatic rings. The van der Waals surface area contributed by atoms with Crippen molar-refractivity contribution in [1.82, 2.24) is 10.3 Å². The minimum atomic E-state index is 0.129. The number of aliphatic hydroxyl groups excluding tert-OH is 1. The number of aliphatic hydroxyl groups is 1. The maximum absolute atomic E-state index is 9.06. The van der Waals surface area contributed by atoms with E-state index in [4.69, 9.17) is 5.11 Å². The van der Waals surface area contributed by atoms with Crippen LogP contribution in [0.25, 0.3) is 0 Å². The quantitative estimate of drug-likeness (QED) is 0.670. The van der Waals surface area contributed by atoms with Crippen molar-refractivity contribution < 1.29 is 5.11 Å². The van der Waals surface area contributed by atoms with Gasteiger partial charge in [-0.1, -0.05) is 13.0 Å². The maximum atomic E-state index is 9.06. The molecule has 0 bridgehead atoms. The molecule has 0 aliphatic carbocycles. The number of anilines is 1. The first-order valence-electron chi connectivity index (χ1n) is 6.89. The standard InChI is InChI=1S/C15H25N3O/c1-4-8-16-13(3)15-7-6-14(12-17-15)18(9-5-2)10-11-19/h5-7,12-13,16,19H,2,4,8-11H2,1,3H3. The van der Waals surface area contributed by atoms with Crippen LogP contribution in [0.2, 0.25) is 0 Å². The number of hydrogen-bond acceptors (Lipinski definition) is 4. The summed E-state index contributed by atoms with van der Waals surface area (Å²) < 4.78 is 0. The Kier molecular flexibility index (Phi) is 7.15. The van der Waals surface area contributed by atoms with E-state index in [1.807, 2.05) is 29.3 Å². The molecule has 1 heterocycles. The van der Waals surface area contributed by atoms with Gasteiger partial charge in [-0.3, -0.25) is 4.98 Å². The molecule has 1 aromatic heterocycles. The van der Waals surface area contributed by atoms with Crippen LogP contribution in [0.4, 0.5) is 5.69 Å². The summed E-state index contributed by atoms with van der Waals surface area (Å²) in [6.07, 6.45) is 4.81. The molecule has 0 saturated heterocycles. The highest BCUT2D eigenvalue weighted by molar-refractivity contribution is 5.45. The third kappa shape index (κ3) is 5.01. The third-order valence-corrected chi connectivity index (χ3v) is 3.00. The summed E-state index contributed by atoms with van der Waals surface area (Å²) in [5.41, 5.74) is 2.06. The van der Waals surface area contributed by atoms with Crippen molar-refractivity contribution in [2.45, 2.75) is 26.3 Å². The normalized spacial score (nSPS) is 12.2. The molecule has 4 nitrogen and oxygen atoms in total. The fourth-order valence-electron chi connectivity index (χ4n) is 1.91. The lowest BCUT2D eigenvalue weighted by molar-refractivity contribution is 0.303. The van der Waals surface area contributed by atoms with Gasteiger partial charge in [-0.2, -0.15) is 0 Å². The van der Waals surface area contributed by atoms with Crippen molar-refractivity contribution in [3.63, 3.8) is 0 Å². The van der Waals surface area contributed by atoms with E-state index in [2.05, 4.69) is 30.7 Å². The molecule has 0 aliphatic heterocycles. The topological polar surface area (TPSA) is 48.4 Å². The smallest absolute Gasteiger partial charge is 0.0606 e. The third-order valence-electron chi connectivity index (χ3n) is 3.00. The van der Waals surface area contributed by atoms with Crippen molar-refractivity contribution in [2.75, 3.05) is 31.1 Å². The fraction of sp³-hybridized carbons (Fsp3) is 0.533. The molecule has 0 aromatic carbocycles. The number of rotatable bonds is 9. The van der Waals surface area contributed by atoms with Crippen LogP contribution in [-0.2, 0) is 0 Å². The highest BCUT2D eigenvalue weighted by Crippen LogP contribution is 2.16. The SMILES string of the molecule is C=CCN(CCO)c1ccc(C(C)NCCC)nc1. The predicted octanol–water partition coefficient (Wildman–Crippen LogP) is 2.13. The summed E-state index contributed by atoms with van der Waals surface area (Å²) in [7, 11) is 0. The van der Waals surface area contributed by atoms with Crippen LogP contribution >= 0.6 is 0 Å². The van der Waals surface area contributed by atoms with E-state index in [1.54, 1.807) is 0 Å². The average Bonchev–Trinajstić information content (AvgIpc) is 2.44. The minimum absolute atomic E-state index is 0.129. The number of nitrogens with one attached hydrogen (secondary N) is 1. The van der Waals surface area contributed by atoms with Crippen molar-refractivity contribution in [1.29, 1.82) is 0 Å². The minimum Gasteiger partial charge on any atom is -0.395 e. The zero-order valence-corrected chi connectivity index (χ0v) is 12.0. The van der Waals surface area contributed by atoms with Crippen molar-refractivity contribution in [3.05, 3.63) is 36.7 Å². The Balaban J connectivity index is 2.70. The zero-order chi connectivity index (χ0) is 14.1. The first-order chi connectivity index (χ1) is 9.22. The van der Waals surface area contributed by atoms with Crippen molar-refractivity contribution in [2.24, 2.45) is 0 Å². The van der Waals surface area contributed by atoms with Crippen LogP contribution in [0.5, 0.6) is 0 Å². The van der Waals surface area contributed by atoms with Crippen LogP contribution in [-0.4, -0.2) is 36.3 Å². The predicted molar refractivity (Wildman–Crippen MR) is 80.4 cm³/mol. The summed E-state index contributed by atoms with van der Waals surface area (Å²) in [4.78, 5) is 6.55. The van der Waals surface area contributed by atoms with E-state index >= 15 is 0 Å². The molecule has 0 spiro atoms. The molecule has 2 N–H and O–H groups in total. The van der Waals surface area contributed by atoms with Gasteiger partial charge >= 0.3 is 0 Å². The molecule has 1 unspecified atom stereocenters. The van der Waals surface area contributed by atoms with E-state index in [9.17, 15) is 0 Å². The molecule has 106 valence electrons. The number of pyridine rings is 1. The van der Waals surface area contributed by atoms with E-state index < -0.39 is 0 Å². The van der Waals surface area contributed by atoms with Gasteiger partial charge in [0.2, 0.25) is 0 Å². The Labute approximate surface area is 116 Å². The molecule has 1 aromatic rings. The summed E-state index contributed by atoms with van der Waals surface area (Å²) in [5, 5.41) is 12.5. The molecule has 1 atom stereocenters. The van der Waals surface area contributed by atoms with E-state index in [0.29, 0.717) is 13.1 Å². The Bertz CT molecular complexity index is 364. The van der Waals surface area contributed by atoms with E-state index in [-0.39, 0.29) is 12.6 Å². The lowest BCUT2D eigenvalue weighted by Gasteiger charge is -2.22. The van der Waals surface area contributed by atoms with Gasteiger partial charge in [0.05, 0.1) is 24.2 Å². The lowest BCUT2D eigenvalue weighted by atomic mass is 10.2. The van der Waals surface area contributed by atoms with Gasteiger partial charge in [0, 0.05) is 19.1 Å². The molecule has 19 heavy (non-hydrogen) atoms. The fourth-order valence-corrected chi connectivity index (χ4v) is 1.91. The second-order valence-corrected chi connectivity index (χ2v) is 4.58. The van der Waals surface area contributed by atoms with Crippen LogP contribution < -0.4 is 10.2 Å². The van der Waals surface area contributed by atoms with Crippen LogP contribution in [0.3, 0.4) is 0 Å². The Morgan fingerprint density at radius 1 is 1.53 bits per heavy atom. The zero-order valence-electron chi connectivity index (χ0n) is 12.0. The first kappa shape index (κ1) is 15.7. The van der Waals surface area contributed by atoms with E-state index in [0.717, 1.165) is 24.3 Å². The molecular weight excluding hydrogens is 238 g/mol. The highest BCUT2D eigenvalue weighted by Gasteiger charge is 2.08. The Morgan fingerprint density at radius 2 is 2.32 bits per heavy atom. The number of nitrogens with zero attached hydrogens (tertiary/aromatic N) is 2. The van der Waals surface area contributed by atoms with Crippen molar-refractivity contribution in [3.8, 4) is 0 Å². The molecule has 0 saturated carbocycles. The van der Waals surface area contributed by atoms with Crippen LogP contribution in [0.15, 0.2) is 31.0 Å². The molecule has 4 heteroatoms. The first-order valence-corrected chi connectivity index (χ1v) is 6.89. The van der Waals surface area contributed by atoms with Gasteiger partial charge in [0.15, 0.2) is 0 Å². The molecule has 0 amide bonds. The molecule has 0 radical (unpaired) electrons. The second kappa shape index (κ2) is 8.67. The number of hydrogen-bond donors (Lipinski definition) is 2. The van der Waals surface area contributed by atoms with Crippen LogP contribution in [0, 0.1) is 0 Å². The summed E-state index contributed by atoms with van der Waals surface area (Å²) in [5.74, 6) is 0. The largest absolute Gasteiger partial charge is 0.395 e. The van der Waals surface area contributed by atoms with Gasteiger partial charge in [0.25, 0.3) is 0 Å². The van der Waals surface area contributed by atoms with Gasteiger partial charge < -0.3 is 15.3 Å². The molecular formula is C15H25N3O. The van der Waals surface area contributed by atoms with Gasteiger partial charge in [0.1, 0.15) is 0 Å².